The normalized spacial score (nSPS) is 13.1. The molecule has 0 aliphatic heterocycles. The fourth-order valence-electron chi connectivity index (χ4n) is 2.33. The van der Waals surface area contributed by atoms with Crippen LogP contribution in [-0.4, -0.2) is 27.8 Å². The van der Waals surface area contributed by atoms with Gasteiger partial charge in [0, 0.05) is 6.42 Å². The summed E-state index contributed by atoms with van der Waals surface area (Å²) < 4.78 is 11.1. The van der Waals surface area contributed by atoms with Gasteiger partial charge >= 0.3 is 0 Å². The quantitative estimate of drug-likeness (QED) is 0.601. The summed E-state index contributed by atoms with van der Waals surface area (Å²) in [7, 11) is -0.0443. The monoisotopic (exact) mass is 302 g/mol. The van der Waals surface area contributed by atoms with Crippen molar-refractivity contribution in [2.45, 2.75) is 32.2 Å². The van der Waals surface area contributed by atoms with Gasteiger partial charge in [-0.3, -0.25) is 0 Å². The first-order valence-corrected chi connectivity index (χ1v) is 10.5. The van der Waals surface area contributed by atoms with Gasteiger partial charge in [0.05, 0.1) is 7.11 Å². The topological polar surface area (TPSA) is 35.5 Å². The molecule has 3 nitrogen and oxygen atoms in total. The van der Waals surface area contributed by atoms with Gasteiger partial charge in [0.15, 0.2) is 8.32 Å². The summed E-state index contributed by atoms with van der Waals surface area (Å²) in [6.07, 6.45) is 1.18. The van der Waals surface area contributed by atoms with E-state index >= 15 is 0 Å². The maximum Gasteiger partial charge on any atom is 0.184 e. The smallest absolute Gasteiger partial charge is 0.184 e. The Hall–Kier alpha value is -1.65. The van der Waals surface area contributed by atoms with E-state index in [1.54, 1.807) is 7.11 Å². The van der Waals surface area contributed by atoms with Gasteiger partial charge in [-0.25, -0.2) is 0 Å². The molecular formula is C17H22O3Si. The zero-order valence-corrected chi connectivity index (χ0v) is 14.1. The van der Waals surface area contributed by atoms with Crippen LogP contribution in [0.2, 0.25) is 19.6 Å². The van der Waals surface area contributed by atoms with Crippen LogP contribution in [0.15, 0.2) is 36.4 Å². The van der Waals surface area contributed by atoms with E-state index in [0.717, 1.165) is 28.4 Å². The molecule has 4 heteroatoms. The number of fused-ring (bicyclic) bond motifs is 1. The minimum absolute atomic E-state index is 0.354. The molecule has 0 heterocycles. The molecule has 2 aromatic rings. The molecule has 0 fully saturated rings. The summed E-state index contributed by atoms with van der Waals surface area (Å²) in [5.74, 6) is 0.850. The van der Waals surface area contributed by atoms with Crippen LogP contribution in [0.4, 0.5) is 0 Å². The Morgan fingerprint density at radius 1 is 1.10 bits per heavy atom. The lowest BCUT2D eigenvalue weighted by Crippen LogP contribution is -2.34. The van der Waals surface area contributed by atoms with Crippen LogP contribution in [0.3, 0.4) is 0 Å². The van der Waals surface area contributed by atoms with Crippen molar-refractivity contribution in [3.05, 3.63) is 42.0 Å². The Labute approximate surface area is 127 Å². The lowest BCUT2D eigenvalue weighted by atomic mass is 10.0. The van der Waals surface area contributed by atoms with Crippen LogP contribution in [-0.2, 0) is 15.6 Å². The lowest BCUT2D eigenvalue weighted by Gasteiger charge is -2.22. The number of benzene rings is 2. The largest absolute Gasteiger partial charge is 0.497 e. The van der Waals surface area contributed by atoms with Gasteiger partial charge in [-0.1, -0.05) is 24.3 Å². The van der Waals surface area contributed by atoms with E-state index in [9.17, 15) is 4.79 Å². The summed E-state index contributed by atoms with van der Waals surface area (Å²) in [6, 6.07) is 12.2. The number of rotatable bonds is 6. The molecule has 0 N–H and O–H groups in total. The van der Waals surface area contributed by atoms with Crippen molar-refractivity contribution < 1.29 is 14.0 Å². The second-order valence-corrected chi connectivity index (χ2v) is 10.6. The minimum Gasteiger partial charge on any atom is -0.497 e. The van der Waals surface area contributed by atoms with E-state index < -0.39 is 8.32 Å². The van der Waals surface area contributed by atoms with Gasteiger partial charge in [-0.05, 0) is 48.1 Å². The highest BCUT2D eigenvalue weighted by molar-refractivity contribution is 6.69. The van der Waals surface area contributed by atoms with Crippen LogP contribution in [0.1, 0.15) is 5.56 Å². The van der Waals surface area contributed by atoms with Crippen LogP contribution in [0.5, 0.6) is 5.75 Å². The van der Waals surface area contributed by atoms with Gasteiger partial charge in [0.25, 0.3) is 0 Å². The molecule has 2 aromatic carbocycles. The third kappa shape index (κ3) is 4.41. The van der Waals surface area contributed by atoms with E-state index in [2.05, 4.69) is 31.8 Å². The van der Waals surface area contributed by atoms with Crippen molar-refractivity contribution in [2.24, 2.45) is 0 Å². The molecule has 0 saturated heterocycles. The SMILES string of the molecule is COc1ccc2cc(C[C@@H](C=O)O[Si](C)(C)C)ccc2c1. The van der Waals surface area contributed by atoms with Crippen LogP contribution in [0, 0.1) is 0 Å². The molecule has 0 saturated carbocycles. The number of carbonyl (C=O) groups excluding carboxylic acids is 1. The zero-order valence-electron chi connectivity index (χ0n) is 13.1. The fourth-order valence-corrected chi connectivity index (χ4v) is 3.38. The summed E-state index contributed by atoms with van der Waals surface area (Å²) in [5, 5.41) is 2.28. The molecule has 2 rings (SSSR count). The van der Waals surface area contributed by atoms with Crippen molar-refractivity contribution in [1.29, 1.82) is 0 Å². The van der Waals surface area contributed by atoms with Gasteiger partial charge in [-0.2, -0.15) is 0 Å². The number of hydrogen-bond donors (Lipinski definition) is 0. The maximum absolute atomic E-state index is 11.2. The molecule has 0 amide bonds. The molecule has 0 aliphatic carbocycles. The lowest BCUT2D eigenvalue weighted by molar-refractivity contribution is -0.114. The average molecular weight is 302 g/mol. The van der Waals surface area contributed by atoms with Crippen LogP contribution >= 0.6 is 0 Å². The second kappa shape index (κ2) is 6.41. The number of methoxy groups -OCH3 is 1. The number of ether oxygens (including phenoxy) is 1. The third-order valence-corrected chi connectivity index (χ3v) is 4.22. The van der Waals surface area contributed by atoms with E-state index in [-0.39, 0.29) is 6.10 Å². The highest BCUT2D eigenvalue weighted by Gasteiger charge is 2.21. The predicted molar refractivity (Wildman–Crippen MR) is 88.5 cm³/mol. The Kier molecular flexibility index (Phi) is 4.80. The Bertz CT molecular complexity index is 631. The van der Waals surface area contributed by atoms with Gasteiger partial charge in [-0.15, -0.1) is 0 Å². The van der Waals surface area contributed by atoms with Gasteiger partial charge in [0.2, 0.25) is 0 Å². The summed E-state index contributed by atoms with van der Waals surface area (Å²) in [4.78, 5) is 11.2. The standard InChI is InChI=1S/C17H22O3Si/c1-19-16-8-7-14-9-13(5-6-15(14)11-16)10-17(12-18)20-21(2,3)4/h5-9,11-12,17H,10H2,1-4H3/t17-/m0/s1. The van der Waals surface area contributed by atoms with E-state index in [1.165, 1.54) is 0 Å². The number of carbonyl (C=O) groups is 1. The number of hydrogen-bond acceptors (Lipinski definition) is 3. The maximum atomic E-state index is 11.2. The molecule has 0 aromatic heterocycles. The Balaban J connectivity index is 2.20. The van der Waals surface area contributed by atoms with Crippen molar-refractivity contribution >= 4 is 25.4 Å². The molecule has 1 atom stereocenters. The Morgan fingerprint density at radius 2 is 1.76 bits per heavy atom. The van der Waals surface area contributed by atoms with Gasteiger partial charge in [0.1, 0.15) is 18.1 Å². The van der Waals surface area contributed by atoms with Crippen molar-refractivity contribution in [2.75, 3.05) is 7.11 Å². The van der Waals surface area contributed by atoms with Gasteiger partial charge < -0.3 is 14.0 Å². The van der Waals surface area contributed by atoms with E-state index in [1.807, 2.05) is 24.3 Å². The molecule has 0 aliphatic rings. The number of aldehydes is 1. The fraction of sp³-hybridized carbons (Fsp3) is 0.353. The first-order chi connectivity index (χ1) is 9.91. The van der Waals surface area contributed by atoms with E-state index in [4.69, 9.17) is 9.16 Å². The molecular weight excluding hydrogens is 280 g/mol. The van der Waals surface area contributed by atoms with Crippen molar-refractivity contribution in [3.8, 4) is 5.75 Å². The Morgan fingerprint density at radius 3 is 2.38 bits per heavy atom. The van der Waals surface area contributed by atoms with Crippen molar-refractivity contribution in [1.82, 2.24) is 0 Å². The molecule has 0 spiro atoms. The van der Waals surface area contributed by atoms with Crippen LogP contribution in [0.25, 0.3) is 10.8 Å². The van der Waals surface area contributed by atoms with Crippen LogP contribution < -0.4 is 4.74 Å². The highest BCUT2D eigenvalue weighted by Crippen LogP contribution is 2.23. The third-order valence-electron chi connectivity index (χ3n) is 3.21. The summed E-state index contributed by atoms with van der Waals surface area (Å²) >= 11 is 0. The zero-order chi connectivity index (χ0) is 15.5. The average Bonchev–Trinajstić information content (AvgIpc) is 2.44. The summed E-state index contributed by atoms with van der Waals surface area (Å²) in [6.45, 7) is 6.28. The highest BCUT2D eigenvalue weighted by atomic mass is 28.4. The predicted octanol–water partition coefficient (Wildman–Crippen LogP) is 3.81. The molecule has 0 bridgehead atoms. The first-order valence-electron chi connectivity index (χ1n) is 7.11. The molecule has 0 unspecified atom stereocenters. The summed E-state index contributed by atoms with van der Waals surface area (Å²) in [5.41, 5.74) is 1.11. The molecule has 112 valence electrons. The second-order valence-electron chi connectivity index (χ2n) is 6.16. The minimum atomic E-state index is -1.71. The first kappa shape index (κ1) is 15.7. The molecule has 0 radical (unpaired) electrons. The van der Waals surface area contributed by atoms with E-state index in [0.29, 0.717) is 6.42 Å². The molecule has 21 heavy (non-hydrogen) atoms. The van der Waals surface area contributed by atoms with Crippen molar-refractivity contribution in [3.63, 3.8) is 0 Å².